The van der Waals surface area contributed by atoms with Crippen LogP contribution in [0.5, 0.6) is 0 Å². The molecule has 0 aliphatic carbocycles. The Kier molecular flexibility index (Phi) is 36.5. The van der Waals surface area contributed by atoms with Crippen LogP contribution in [0.1, 0.15) is 39.7 Å². The second kappa shape index (κ2) is 31.6. The van der Waals surface area contributed by atoms with Crippen LogP contribution in [0.4, 0.5) is 4.79 Å². The third kappa shape index (κ3) is 23.0. The first-order valence-electron chi connectivity index (χ1n) is 11.1. The van der Waals surface area contributed by atoms with E-state index >= 15 is 0 Å². The predicted octanol–water partition coefficient (Wildman–Crippen LogP) is 7.74. The summed E-state index contributed by atoms with van der Waals surface area (Å²) in [7, 11) is 0. The average Bonchev–Trinajstić information content (AvgIpc) is 2.93. The van der Waals surface area contributed by atoms with Crippen molar-refractivity contribution in [3.63, 3.8) is 0 Å². The standard InChI is InChI=1S/C13H12NO3.2C6H5.2C2H6.CH3.2Y/c15-12-6-8-14(9-7-12)13(16)17-10-11-4-2-1-3-5-11;2*1-2-4-6-5-3-1;2*1-2;;;/h1-6,8-9H,7,10H2;2*1-5H;2*1-2H3;1H3;;/q3*-1;;;-1;;. The Bertz CT molecular complexity index is 776. The zero-order valence-electron chi connectivity index (χ0n) is 22.1. The Morgan fingerprint density at radius 3 is 1.61 bits per heavy atom. The molecule has 0 fully saturated rings. The summed E-state index contributed by atoms with van der Waals surface area (Å²) in [5.74, 6) is -0.0166. The first-order valence-corrected chi connectivity index (χ1v) is 11.1. The molecule has 4 nitrogen and oxygen atoms in total. The third-order valence-electron chi connectivity index (χ3n) is 3.54. The van der Waals surface area contributed by atoms with E-state index in [0.717, 1.165) is 5.56 Å². The molecule has 4 rings (SSSR count). The normalized spacial score (nSPS) is 10.0. The summed E-state index contributed by atoms with van der Waals surface area (Å²) < 4.78 is 5.10. The van der Waals surface area contributed by atoms with E-state index in [0.29, 0.717) is 0 Å². The molecule has 0 unspecified atom stereocenters. The molecule has 0 aromatic heterocycles. The third-order valence-corrected chi connectivity index (χ3v) is 3.54. The molecular formula is C30H37NO3Y2-4. The number of amides is 1. The van der Waals surface area contributed by atoms with Crippen molar-refractivity contribution in [2.75, 3.05) is 0 Å². The van der Waals surface area contributed by atoms with Crippen LogP contribution in [0.25, 0.3) is 0 Å². The number of allylic oxidation sites excluding steroid dienone is 1. The van der Waals surface area contributed by atoms with Crippen LogP contribution in [-0.4, -0.2) is 16.8 Å². The largest absolute Gasteiger partial charge is 0.446 e. The molecule has 190 valence electrons. The summed E-state index contributed by atoms with van der Waals surface area (Å²) in [4.78, 5) is 23.8. The smallest absolute Gasteiger partial charge is 0.384 e. The van der Waals surface area contributed by atoms with E-state index in [9.17, 15) is 9.59 Å². The fraction of sp³-hybridized carbons (Fsp3) is 0.200. The van der Waals surface area contributed by atoms with Gasteiger partial charge >= 0.3 is 6.09 Å². The molecule has 3 aromatic rings. The summed E-state index contributed by atoms with van der Waals surface area (Å²) in [5.41, 5.74) is 0.929. The van der Waals surface area contributed by atoms with Crippen molar-refractivity contribution >= 4 is 11.9 Å². The van der Waals surface area contributed by atoms with E-state index in [-0.39, 0.29) is 91.7 Å². The number of benzene rings is 3. The molecule has 6 heteroatoms. The van der Waals surface area contributed by atoms with Crippen LogP contribution >= 0.6 is 0 Å². The fourth-order valence-electron chi connectivity index (χ4n) is 2.09. The maximum absolute atomic E-state index is 11.6. The van der Waals surface area contributed by atoms with Crippen LogP contribution in [0.3, 0.4) is 0 Å². The quantitative estimate of drug-likeness (QED) is 0.270. The van der Waals surface area contributed by atoms with E-state index in [1.807, 2.05) is 119 Å². The van der Waals surface area contributed by atoms with Gasteiger partial charge in [0.1, 0.15) is 12.4 Å². The Labute approximate surface area is 269 Å². The first kappa shape index (κ1) is 41.7. The number of ether oxygens (including phenoxy) is 1. The summed E-state index contributed by atoms with van der Waals surface area (Å²) in [5, 5.41) is 0. The zero-order valence-corrected chi connectivity index (χ0v) is 27.8. The topological polar surface area (TPSA) is 46.6 Å². The molecule has 0 spiro atoms. The SMILES string of the molecule is CC.CC.O=C1C=CN(C(=O)OCc2ccccc2)[CH-]C1.[CH3-].[Y].[Y].[c-]1ccccc1.[c-]1ccccc1. The maximum Gasteiger partial charge on any atom is 0.384 e. The average molecular weight is 637 g/mol. The van der Waals surface area contributed by atoms with Gasteiger partial charge in [0, 0.05) is 65.4 Å². The van der Waals surface area contributed by atoms with Crippen molar-refractivity contribution in [3.8, 4) is 0 Å². The fourth-order valence-corrected chi connectivity index (χ4v) is 2.09. The molecule has 0 N–H and O–H groups in total. The minimum absolute atomic E-state index is 0. The Morgan fingerprint density at radius 1 is 0.833 bits per heavy atom. The van der Waals surface area contributed by atoms with Crippen LogP contribution in [-0.2, 0) is 81.6 Å². The minimum atomic E-state index is -0.474. The minimum Gasteiger partial charge on any atom is -0.446 e. The van der Waals surface area contributed by atoms with E-state index in [1.165, 1.54) is 23.7 Å². The van der Waals surface area contributed by atoms with Gasteiger partial charge in [-0.3, -0.25) is 4.79 Å². The molecule has 0 atom stereocenters. The molecule has 36 heavy (non-hydrogen) atoms. The van der Waals surface area contributed by atoms with Crippen molar-refractivity contribution in [1.29, 1.82) is 0 Å². The molecule has 1 amide bonds. The number of ketones is 1. The monoisotopic (exact) mass is 637 g/mol. The molecule has 0 saturated carbocycles. The molecule has 0 bridgehead atoms. The second-order valence-electron chi connectivity index (χ2n) is 5.77. The van der Waals surface area contributed by atoms with Crippen molar-refractivity contribution < 1.29 is 79.7 Å². The van der Waals surface area contributed by atoms with Crippen molar-refractivity contribution in [3.05, 3.63) is 135 Å². The molecular weight excluding hydrogens is 600 g/mol. The molecule has 3 aromatic carbocycles. The van der Waals surface area contributed by atoms with Gasteiger partial charge in [0.15, 0.2) is 0 Å². The van der Waals surface area contributed by atoms with Gasteiger partial charge in [0.05, 0.1) is 0 Å². The molecule has 1 heterocycles. The van der Waals surface area contributed by atoms with Crippen molar-refractivity contribution in [1.82, 2.24) is 4.90 Å². The summed E-state index contributed by atoms with van der Waals surface area (Å²) in [6, 6.07) is 34.4. The number of hydrogen-bond acceptors (Lipinski definition) is 3. The number of carbonyl (C=O) groups excluding carboxylic acids is 2. The molecule has 1 aliphatic heterocycles. The number of carbonyl (C=O) groups is 2. The first-order chi connectivity index (χ1) is 16.3. The van der Waals surface area contributed by atoms with Crippen molar-refractivity contribution in [2.45, 2.75) is 40.7 Å². The Balaban J connectivity index is -0.000000225. The molecule has 1 aliphatic rings. The van der Waals surface area contributed by atoms with Gasteiger partial charge in [-0.25, -0.2) is 11.3 Å². The summed E-state index contributed by atoms with van der Waals surface area (Å²) in [6.07, 6.45) is 2.54. The predicted molar refractivity (Wildman–Crippen MR) is 141 cm³/mol. The Hall–Kier alpha value is -1.45. The summed E-state index contributed by atoms with van der Waals surface area (Å²) in [6.45, 7) is 9.74. The summed E-state index contributed by atoms with van der Waals surface area (Å²) >= 11 is 0. The van der Waals surface area contributed by atoms with Gasteiger partial charge in [-0.05, 0) is 17.8 Å². The van der Waals surface area contributed by atoms with Gasteiger partial charge in [-0.2, -0.15) is 72.8 Å². The molecule has 2 radical (unpaired) electrons. The molecule has 0 saturated heterocycles. The number of rotatable bonds is 2. The van der Waals surface area contributed by atoms with Crippen LogP contribution in [0, 0.1) is 26.1 Å². The van der Waals surface area contributed by atoms with E-state index in [4.69, 9.17) is 4.74 Å². The van der Waals surface area contributed by atoms with E-state index < -0.39 is 6.09 Å². The van der Waals surface area contributed by atoms with Gasteiger partial charge in [-0.1, -0.05) is 64.4 Å². The van der Waals surface area contributed by atoms with Gasteiger partial charge in [0.2, 0.25) is 0 Å². The number of nitrogens with zero attached hydrogens (tertiary/aromatic N) is 1. The second-order valence-corrected chi connectivity index (χ2v) is 5.77. The van der Waals surface area contributed by atoms with Crippen LogP contribution in [0.15, 0.2) is 103 Å². The van der Waals surface area contributed by atoms with Crippen LogP contribution < -0.4 is 0 Å². The number of hydrogen-bond donors (Lipinski definition) is 0. The maximum atomic E-state index is 11.6. The van der Waals surface area contributed by atoms with Gasteiger partial charge < -0.3 is 17.1 Å². The zero-order chi connectivity index (χ0) is 24.6. The van der Waals surface area contributed by atoms with Gasteiger partial charge in [0.25, 0.3) is 0 Å². The van der Waals surface area contributed by atoms with Crippen LogP contribution in [0.2, 0.25) is 0 Å². The Morgan fingerprint density at radius 2 is 1.28 bits per heavy atom. The van der Waals surface area contributed by atoms with E-state index in [2.05, 4.69) is 12.1 Å². The van der Waals surface area contributed by atoms with E-state index in [1.54, 1.807) is 0 Å². The van der Waals surface area contributed by atoms with Gasteiger partial charge in [-0.15, -0.1) is 0 Å². The van der Waals surface area contributed by atoms with Crippen molar-refractivity contribution in [2.24, 2.45) is 0 Å².